The van der Waals surface area contributed by atoms with Crippen molar-refractivity contribution in [1.29, 1.82) is 5.26 Å². The van der Waals surface area contributed by atoms with E-state index in [0.717, 1.165) is 11.1 Å². The molecular weight excluding hydrogens is 453 g/mol. The number of rotatable bonds is 6. The summed E-state index contributed by atoms with van der Waals surface area (Å²) in [5.74, 6) is -0.957. The number of anilines is 2. The molecule has 3 N–H and O–H groups in total. The van der Waals surface area contributed by atoms with Crippen molar-refractivity contribution in [3.8, 4) is 22.9 Å². The van der Waals surface area contributed by atoms with Crippen LogP contribution >= 0.6 is 0 Å². The number of nitriles is 1. The molecule has 0 spiro atoms. The molecule has 0 aliphatic rings. The molecule has 0 aliphatic heterocycles. The van der Waals surface area contributed by atoms with Crippen molar-refractivity contribution >= 4 is 28.3 Å². The highest BCUT2D eigenvalue weighted by atomic mass is 32.2. The number of carbonyl (C=O) groups is 1. The Hall–Kier alpha value is -4.48. The molecule has 0 heterocycles. The van der Waals surface area contributed by atoms with Gasteiger partial charge in [-0.2, -0.15) is 5.26 Å². The average molecular weight is 472 g/mol. The van der Waals surface area contributed by atoms with Gasteiger partial charge in [-0.3, -0.25) is 9.52 Å². The molecule has 4 rings (SSSR count). The maximum atomic E-state index is 13.1. The van der Waals surface area contributed by atoms with Crippen molar-refractivity contribution in [3.63, 3.8) is 0 Å². The van der Waals surface area contributed by atoms with Crippen molar-refractivity contribution in [3.05, 3.63) is 108 Å². The largest absolute Gasteiger partial charge is 0.506 e. The summed E-state index contributed by atoms with van der Waals surface area (Å²) in [6, 6.07) is 25.7. The Morgan fingerprint density at radius 2 is 1.50 bits per heavy atom. The second-order valence-corrected chi connectivity index (χ2v) is 8.49. The Kier molecular flexibility index (Phi) is 6.67. The highest BCUT2D eigenvalue weighted by Gasteiger charge is 2.12. The number of phenols is 1. The zero-order valence-electron chi connectivity index (χ0n) is 17.7. The predicted molar refractivity (Wildman–Crippen MR) is 129 cm³/mol. The molecule has 8 heteroatoms. The summed E-state index contributed by atoms with van der Waals surface area (Å²) in [6.07, 6.45) is 0. The minimum absolute atomic E-state index is 0.150. The first-order valence-electron chi connectivity index (χ1n) is 10.1. The van der Waals surface area contributed by atoms with Crippen LogP contribution in [0.5, 0.6) is 5.75 Å². The van der Waals surface area contributed by atoms with Gasteiger partial charge in [-0.25, -0.2) is 8.60 Å². The molecular formula is C26H18FN3O3S. The maximum absolute atomic E-state index is 13.1. The first-order valence-corrected chi connectivity index (χ1v) is 11.3. The molecule has 0 saturated carbocycles. The number of aromatic hydroxyl groups is 1. The van der Waals surface area contributed by atoms with Crippen LogP contribution in [0.25, 0.3) is 11.1 Å². The molecule has 34 heavy (non-hydrogen) atoms. The van der Waals surface area contributed by atoms with Crippen molar-refractivity contribution in [2.24, 2.45) is 0 Å². The fourth-order valence-corrected chi connectivity index (χ4v) is 4.03. The Morgan fingerprint density at radius 1 is 0.882 bits per heavy atom. The monoisotopic (exact) mass is 471 g/mol. The molecule has 1 atom stereocenters. The van der Waals surface area contributed by atoms with Gasteiger partial charge in [-0.1, -0.05) is 24.3 Å². The fraction of sp³-hybridized carbons (Fsp3) is 0. The summed E-state index contributed by atoms with van der Waals surface area (Å²) in [5, 5.41) is 21.8. The number of hydrogen-bond donors (Lipinski definition) is 3. The molecule has 0 radical (unpaired) electrons. The number of phenolic OH excluding ortho intramolecular Hbond substituents is 1. The van der Waals surface area contributed by atoms with Crippen LogP contribution in [0.3, 0.4) is 0 Å². The first-order chi connectivity index (χ1) is 16.4. The summed E-state index contributed by atoms with van der Waals surface area (Å²) in [5.41, 5.74) is 3.36. The van der Waals surface area contributed by atoms with Gasteiger partial charge in [0, 0.05) is 11.3 Å². The third-order valence-corrected chi connectivity index (χ3v) is 6.08. The van der Waals surface area contributed by atoms with Gasteiger partial charge in [0.2, 0.25) is 0 Å². The second-order valence-electron chi connectivity index (χ2n) is 7.28. The van der Waals surface area contributed by atoms with Gasteiger partial charge in [-0.15, -0.1) is 0 Å². The SMILES string of the molecule is N#Cc1ccc(-c2ccc(C(=O)Nc3ccc(O)c(NS(=O)c4ccc(F)cc4)c3)cc2)cc1. The van der Waals surface area contributed by atoms with Crippen LogP contribution < -0.4 is 10.0 Å². The van der Waals surface area contributed by atoms with E-state index in [0.29, 0.717) is 21.7 Å². The first kappa shape index (κ1) is 22.7. The topological polar surface area (TPSA) is 102 Å². The Balaban J connectivity index is 1.46. The van der Waals surface area contributed by atoms with Crippen LogP contribution in [0.2, 0.25) is 0 Å². The van der Waals surface area contributed by atoms with E-state index in [-0.39, 0.29) is 17.3 Å². The summed E-state index contributed by atoms with van der Waals surface area (Å²) in [6.45, 7) is 0. The van der Waals surface area contributed by atoms with Gasteiger partial charge >= 0.3 is 0 Å². The zero-order valence-corrected chi connectivity index (χ0v) is 18.5. The number of hydrogen-bond acceptors (Lipinski definition) is 4. The van der Waals surface area contributed by atoms with E-state index in [2.05, 4.69) is 16.1 Å². The third kappa shape index (κ3) is 5.28. The molecule has 0 bridgehead atoms. The van der Waals surface area contributed by atoms with Crippen molar-refractivity contribution in [2.75, 3.05) is 10.0 Å². The number of benzene rings is 4. The number of nitrogens with zero attached hydrogens (tertiary/aromatic N) is 1. The van der Waals surface area contributed by atoms with Crippen molar-refractivity contribution in [2.45, 2.75) is 4.90 Å². The lowest BCUT2D eigenvalue weighted by molar-refractivity contribution is 0.102. The number of halogens is 1. The molecule has 0 fully saturated rings. The standard InChI is InChI=1S/C26H18FN3O3S/c27-21-9-12-23(13-10-21)34(33)30-24-15-22(11-14-25(24)31)29-26(32)20-7-5-19(6-8-20)18-3-1-17(16-28)2-4-18/h1-15,30-31H,(H,29,32). The second kappa shape index (κ2) is 9.98. The van der Waals surface area contributed by atoms with Crippen molar-refractivity contribution < 1.29 is 18.5 Å². The van der Waals surface area contributed by atoms with Gasteiger partial charge in [0.15, 0.2) is 0 Å². The average Bonchev–Trinajstić information content (AvgIpc) is 2.86. The number of nitrogens with one attached hydrogen (secondary N) is 2. The molecule has 0 aromatic heterocycles. The van der Waals surface area contributed by atoms with Gasteiger partial charge < -0.3 is 10.4 Å². The molecule has 4 aromatic rings. The summed E-state index contributed by atoms with van der Waals surface area (Å²) in [7, 11) is -1.74. The Bertz CT molecular complexity index is 1400. The quantitative estimate of drug-likeness (QED) is 0.257. The fourth-order valence-electron chi connectivity index (χ4n) is 3.17. The van der Waals surface area contributed by atoms with E-state index in [4.69, 9.17) is 5.26 Å². The molecule has 1 unspecified atom stereocenters. The Labute approximate surface area is 197 Å². The summed E-state index contributed by atoms with van der Waals surface area (Å²) in [4.78, 5) is 13.0. The van der Waals surface area contributed by atoms with E-state index < -0.39 is 16.8 Å². The maximum Gasteiger partial charge on any atom is 0.255 e. The molecule has 0 saturated heterocycles. The highest BCUT2D eigenvalue weighted by Crippen LogP contribution is 2.28. The summed E-state index contributed by atoms with van der Waals surface area (Å²) >= 11 is 0. The lowest BCUT2D eigenvalue weighted by Gasteiger charge is -2.11. The molecule has 1 amide bonds. The molecule has 4 aromatic carbocycles. The Morgan fingerprint density at radius 3 is 2.12 bits per heavy atom. The summed E-state index contributed by atoms with van der Waals surface area (Å²) < 4.78 is 28.2. The van der Waals surface area contributed by atoms with E-state index in [1.54, 1.807) is 24.3 Å². The van der Waals surface area contributed by atoms with E-state index >= 15 is 0 Å². The van der Waals surface area contributed by atoms with Crippen LogP contribution in [0.1, 0.15) is 15.9 Å². The minimum Gasteiger partial charge on any atom is -0.506 e. The lowest BCUT2D eigenvalue weighted by Crippen LogP contribution is -2.12. The van der Waals surface area contributed by atoms with Crippen molar-refractivity contribution in [1.82, 2.24) is 0 Å². The molecule has 168 valence electrons. The van der Waals surface area contributed by atoms with E-state index in [1.165, 1.54) is 42.5 Å². The lowest BCUT2D eigenvalue weighted by atomic mass is 10.0. The molecule has 0 aliphatic carbocycles. The van der Waals surface area contributed by atoms with Crippen LogP contribution in [0, 0.1) is 17.1 Å². The normalized spacial score (nSPS) is 11.3. The highest BCUT2D eigenvalue weighted by molar-refractivity contribution is 7.86. The number of carbonyl (C=O) groups excluding carboxylic acids is 1. The van der Waals surface area contributed by atoms with Gasteiger partial charge in [0.1, 0.15) is 22.6 Å². The number of amides is 1. The smallest absolute Gasteiger partial charge is 0.255 e. The third-order valence-electron chi connectivity index (χ3n) is 4.98. The zero-order chi connectivity index (χ0) is 24.1. The minimum atomic E-state index is -1.74. The van der Waals surface area contributed by atoms with Gasteiger partial charge in [0.25, 0.3) is 5.91 Å². The van der Waals surface area contributed by atoms with Gasteiger partial charge in [0.05, 0.1) is 22.2 Å². The van der Waals surface area contributed by atoms with E-state index in [1.807, 2.05) is 24.3 Å². The van der Waals surface area contributed by atoms with Crippen LogP contribution in [-0.2, 0) is 11.0 Å². The van der Waals surface area contributed by atoms with Gasteiger partial charge in [-0.05, 0) is 77.9 Å². The van der Waals surface area contributed by atoms with E-state index in [9.17, 15) is 18.5 Å². The van der Waals surface area contributed by atoms with Crippen LogP contribution in [0.4, 0.5) is 15.8 Å². The van der Waals surface area contributed by atoms with Crippen LogP contribution in [-0.4, -0.2) is 15.2 Å². The predicted octanol–water partition coefficient (Wildman–Crippen LogP) is 5.46. The molecule has 6 nitrogen and oxygen atoms in total. The van der Waals surface area contributed by atoms with Crippen LogP contribution in [0.15, 0.2) is 95.9 Å².